The standard InChI is InChI=1S/C20H29N5O2/c1-4-18-21-8-13-23(18)12-7-19(26)24-9-5-10-25(15-14-24)20(27)17-6-11-22(3)16(17)2/h6,8,11,13H,4-5,7,9-10,12,14-15H2,1-3H3. The number of hydrogen-bond acceptors (Lipinski definition) is 3. The van der Waals surface area contributed by atoms with Crippen LogP contribution in [0.15, 0.2) is 24.7 Å². The summed E-state index contributed by atoms with van der Waals surface area (Å²) in [5, 5.41) is 0. The predicted octanol–water partition coefficient (Wildman–Crippen LogP) is 1.86. The zero-order valence-corrected chi connectivity index (χ0v) is 16.5. The molecule has 1 aliphatic heterocycles. The van der Waals surface area contributed by atoms with E-state index >= 15 is 0 Å². The number of carbonyl (C=O) groups excluding carboxylic acids is 2. The Labute approximate surface area is 160 Å². The van der Waals surface area contributed by atoms with Crippen molar-refractivity contribution in [2.45, 2.75) is 39.7 Å². The Balaban J connectivity index is 1.55. The van der Waals surface area contributed by atoms with Crippen LogP contribution in [0.25, 0.3) is 0 Å². The molecule has 0 unspecified atom stereocenters. The molecule has 0 radical (unpaired) electrons. The molecule has 3 heterocycles. The highest BCUT2D eigenvalue weighted by molar-refractivity contribution is 5.95. The van der Waals surface area contributed by atoms with Gasteiger partial charge in [-0.05, 0) is 19.4 Å². The van der Waals surface area contributed by atoms with Gasteiger partial charge >= 0.3 is 0 Å². The Bertz CT molecular complexity index is 807. The summed E-state index contributed by atoms with van der Waals surface area (Å²) in [5.74, 6) is 1.22. The van der Waals surface area contributed by atoms with E-state index in [4.69, 9.17) is 0 Å². The number of imidazole rings is 1. The molecular weight excluding hydrogens is 342 g/mol. The summed E-state index contributed by atoms with van der Waals surface area (Å²) in [6.07, 6.45) is 7.77. The van der Waals surface area contributed by atoms with Gasteiger partial charge in [0, 0.05) is 76.9 Å². The first-order chi connectivity index (χ1) is 13.0. The number of aromatic nitrogens is 3. The van der Waals surface area contributed by atoms with E-state index in [1.807, 2.05) is 51.4 Å². The van der Waals surface area contributed by atoms with Gasteiger partial charge in [-0.1, -0.05) is 6.92 Å². The molecule has 1 saturated heterocycles. The summed E-state index contributed by atoms with van der Waals surface area (Å²) in [6, 6.07) is 1.88. The largest absolute Gasteiger partial charge is 0.354 e. The Hall–Kier alpha value is -2.57. The van der Waals surface area contributed by atoms with E-state index in [-0.39, 0.29) is 11.8 Å². The third-order valence-electron chi connectivity index (χ3n) is 5.43. The maximum absolute atomic E-state index is 12.8. The van der Waals surface area contributed by atoms with Crippen molar-refractivity contribution in [3.05, 3.63) is 41.7 Å². The molecule has 0 bridgehead atoms. The molecule has 0 N–H and O–H groups in total. The van der Waals surface area contributed by atoms with Crippen LogP contribution < -0.4 is 0 Å². The summed E-state index contributed by atoms with van der Waals surface area (Å²) >= 11 is 0. The van der Waals surface area contributed by atoms with Crippen LogP contribution in [0.2, 0.25) is 0 Å². The van der Waals surface area contributed by atoms with E-state index < -0.39 is 0 Å². The molecule has 27 heavy (non-hydrogen) atoms. The first-order valence-corrected chi connectivity index (χ1v) is 9.70. The van der Waals surface area contributed by atoms with E-state index in [0.29, 0.717) is 39.1 Å². The minimum absolute atomic E-state index is 0.0633. The van der Waals surface area contributed by atoms with Crippen LogP contribution >= 0.6 is 0 Å². The topological polar surface area (TPSA) is 63.4 Å². The van der Waals surface area contributed by atoms with Gasteiger partial charge in [-0.2, -0.15) is 0 Å². The molecule has 0 saturated carbocycles. The molecule has 3 rings (SSSR count). The molecule has 7 heteroatoms. The van der Waals surface area contributed by atoms with Gasteiger partial charge in [0.25, 0.3) is 5.91 Å². The van der Waals surface area contributed by atoms with Crippen molar-refractivity contribution < 1.29 is 9.59 Å². The summed E-state index contributed by atoms with van der Waals surface area (Å²) in [4.78, 5) is 33.5. The van der Waals surface area contributed by atoms with Crippen LogP contribution in [0.4, 0.5) is 0 Å². The lowest BCUT2D eigenvalue weighted by atomic mass is 10.2. The predicted molar refractivity (Wildman–Crippen MR) is 103 cm³/mol. The summed E-state index contributed by atoms with van der Waals surface area (Å²) in [5.41, 5.74) is 1.73. The van der Waals surface area contributed by atoms with Gasteiger partial charge in [0.2, 0.25) is 5.91 Å². The number of amides is 2. The van der Waals surface area contributed by atoms with Crippen molar-refractivity contribution >= 4 is 11.8 Å². The Morgan fingerprint density at radius 1 is 1.11 bits per heavy atom. The molecule has 2 aromatic rings. The summed E-state index contributed by atoms with van der Waals surface area (Å²) in [6.45, 7) is 7.27. The number of nitrogens with zero attached hydrogens (tertiary/aromatic N) is 5. The van der Waals surface area contributed by atoms with E-state index in [2.05, 4.69) is 11.9 Å². The second-order valence-electron chi connectivity index (χ2n) is 7.09. The first-order valence-electron chi connectivity index (χ1n) is 9.70. The molecule has 0 aromatic carbocycles. The summed E-state index contributed by atoms with van der Waals surface area (Å²) < 4.78 is 4.01. The van der Waals surface area contributed by atoms with Crippen LogP contribution in [-0.4, -0.2) is 61.9 Å². The van der Waals surface area contributed by atoms with Gasteiger partial charge in [-0.3, -0.25) is 9.59 Å². The average molecular weight is 371 g/mol. The summed E-state index contributed by atoms with van der Waals surface area (Å²) in [7, 11) is 1.94. The van der Waals surface area contributed by atoms with E-state index in [0.717, 1.165) is 29.9 Å². The highest BCUT2D eigenvalue weighted by Crippen LogP contribution is 2.14. The lowest BCUT2D eigenvalue weighted by molar-refractivity contribution is -0.131. The minimum Gasteiger partial charge on any atom is -0.354 e. The Morgan fingerprint density at radius 3 is 2.56 bits per heavy atom. The van der Waals surface area contributed by atoms with Crippen LogP contribution in [0.5, 0.6) is 0 Å². The molecule has 2 amide bonds. The van der Waals surface area contributed by atoms with E-state index in [1.54, 1.807) is 6.20 Å². The van der Waals surface area contributed by atoms with Crippen molar-refractivity contribution in [3.8, 4) is 0 Å². The lowest BCUT2D eigenvalue weighted by Crippen LogP contribution is -2.37. The van der Waals surface area contributed by atoms with Gasteiger partial charge in [0.1, 0.15) is 5.82 Å². The van der Waals surface area contributed by atoms with Crippen molar-refractivity contribution in [2.24, 2.45) is 7.05 Å². The van der Waals surface area contributed by atoms with Crippen molar-refractivity contribution in [2.75, 3.05) is 26.2 Å². The molecular formula is C20H29N5O2. The van der Waals surface area contributed by atoms with E-state index in [9.17, 15) is 9.59 Å². The fourth-order valence-corrected chi connectivity index (χ4v) is 3.61. The van der Waals surface area contributed by atoms with Crippen LogP contribution in [0, 0.1) is 6.92 Å². The van der Waals surface area contributed by atoms with Crippen LogP contribution in [0.1, 0.15) is 41.6 Å². The minimum atomic E-state index is 0.0633. The van der Waals surface area contributed by atoms with Gasteiger partial charge in [-0.25, -0.2) is 4.98 Å². The number of carbonyl (C=O) groups is 2. The third kappa shape index (κ3) is 4.23. The highest BCUT2D eigenvalue weighted by atomic mass is 16.2. The third-order valence-corrected chi connectivity index (χ3v) is 5.43. The quantitative estimate of drug-likeness (QED) is 0.806. The normalized spacial score (nSPS) is 15.1. The second-order valence-corrected chi connectivity index (χ2v) is 7.09. The van der Waals surface area contributed by atoms with Crippen LogP contribution in [0.3, 0.4) is 0 Å². The zero-order chi connectivity index (χ0) is 19.4. The highest BCUT2D eigenvalue weighted by Gasteiger charge is 2.24. The molecule has 0 atom stereocenters. The van der Waals surface area contributed by atoms with Gasteiger partial charge in [-0.15, -0.1) is 0 Å². The van der Waals surface area contributed by atoms with Crippen LogP contribution in [-0.2, 0) is 24.8 Å². The molecule has 0 aliphatic carbocycles. The maximum Gasteiger partial charge on any atom is 0.255 e. The fraction of sp³-hybridized carbons (Fsp3) is 0.550. The average Bonchev–Trinajstić information content (AvgIpc) is 3.16. The van der Waals surface area contributed by atoms with Gasteiger partial charge in [0.05, 0.1) is 5.56 Å². The fourth-order valence-electron chi connectivity index (χ4n) is 3.61. The van der Waals surface area contributed by atoms with Gasteiger partial charge in [0.15, 0.2) is 0 Å². The second kappa shape index (κ2) is 8.41. The SMILES string of the molecule is CCc1nccn1CCC(=O)N1CCCN(C(=O)c2ccn(C)c2C)CC1. The van der Waals surface area contributed by atoms with E-state index in [1.165, 1.54) is 0 Å². The molecule has 146 valence electrons. The van der Waals surface area contributed by atoms with Crippen molar-refractivity contribution in [3.63, 3.8) is 0 Å². The molecule has 2 aromatic heterocycles. The molecule has 0 spiro atoms. The molecule has 1 fully saturated rings. The monoisotopic (exact) mass is 371 g/mol. The number of rotatable bonds is 5. The Kier molecular flexibility index (Phi) is 5.98. The van der Waals surface area contributed by atoms with Crippen molar-refractivity contribution in [1.29, 1.82) is 0 Å². The zero-order valence-electron chi connectivity index (χ0n) is 16.5. The smallest absolute Gasteiger partial charge is 0.255 e. The van der Waals surface area contributed by atoms with Crippen molar-refractivity contribution in [1.82, 2.24) is 23.9 Å². The Morgan fingerprint density at radius 2 is 1.85 bits per heavy atom. The first kappa shape index (κ1) is 19.2. The molecule has 7 nitrogen and oxygen atoms in total. The number of hydrogen-bond donors (Lipinski definition) is 0. The molecule has 1 aliphatic rings. The maximum atomic E-state index is 12.8. The van der Waals surface area contributed by atoms with Gasteiger partial charge < -0.3 is 18.9 Å². The lowest BCUT2D eigenvalue weighted by Gasteiger charge is -2.22. The number of aryl methyl sites for hydroxylation is 3.